The zero-order valence-electron chi connectivity index (χ0n) is 24.8. The molecule has 4 N–H and O–H groups in total. The Morgan fingerprint density at radius 1 is 0.933 bits per heavy atom. The Kier molecular flexibility index (Phi) is 8.52. The Labute approximate surface area is 258 Å². The number of hydrogen-bond acceptors (Lipinski definition) is 11. The van der Waals surface area contributed by atoms with E-state index in [1.807, 2.05) is 78.9 Å². The first-order valence-electron chi connectivity index (χ1n) is 14.1. The van der Waals surface area contributed by atoms with Crippen molar-refractivity contribution in [1.29, 1.82) is 0 Å². The number of aliphatic hydroxyl groups excluding tert-OH is 1. The van der Waals surface area contributed by atoms with Gasteiger partial charge in [-0.3, -0.25) is 14.3 Å². The van der Waals surface area contributed by atoms with Crippen LogP contribution in [0.15, 0.2) is 90.0 Å². The molecule has 0 bridgehead atoms. The van der Waals surface area contributed by atoms with Crippen molar-refractivity contribution in [2.75, 3.05) is 33.7 Å². The number of nitrogen functional groups attached to an aromatic ring is 1. The number of aromatic nitrogens is 4. The molecule has 5 aromatic rings. The molecule has 0 radical (unpaired) electrons. The first-order chi connectivity index (χ1) is 21.9. The predicted molar refractivity (Wildman–Crippen MR) is 163 cm³/mol. The molecule has 0 unspecified atom stereocenters. The summed E-state index contributed by atoms with van der Waals surface area (Å²) in [7, 11) is 4.54. The first-order valence-corrected chi connectivity index (χ1v) is 14.1. The smallest absolute Gasteiger partial charge is 0.280 e. The van der Waals surface area contributed by atoms with Gasteiger partial charge >= 0.3 is 0 Å². The molecule has 0 saturated carbocycles. The predicted octanol–water partition coefficient (Wildman–Crippen LogP) is 2.93. The van der Waals surface area contributed by atoms with Crippen LogP contribution < -0.4 is 20.8 Å². The Bertz CT molecular complexity index is 1750. The molecule has 0 aliphatic carbocycles. The van der Waals surface area contributed by atoms with Gasteiger partial charge in [0.05, 0.1) is 34.3 Å². The van der Waals surface area contributed by atoms with Crippen LogP contribution in [0.25, 0.3) is 11.2 Å². The summed E-state index contributed by atoms with van der Waals surface area (Å²) >= 11 is 0. The van der Waals surface area contributed by atoms with E-state index >= 15 is 0 Å². The zero-order chi connectivity index (χ0) is 31.6. The van der Waals surface area contributed by atoms with Gasteiger partial charge in [0.25, 0.3) is 5.56 Å². The number of aliphatic hydroxyl groups is 1. The molecule has 3 aromatic carbocycles. The number of aromatic amines is 1. The molecule has 13 heteroatoms. The highest BCUT2D eigenvalue weighted by atomic mass is 17.2. The molecule has 1 fully saturated rings. The number of methoxy groups -OCH3 is 2. The van der Waals surface area contributed by atoms with Crippen molar-refractivity contribution in [2.24, 2.45) is 0 Å². The second-order valence-electron chi connectivity index (χ2n) is 10.4. The molecule has 13 nitrogen and oxygen atoms in total. The van der Waals surface area contributed by atoms with Gasteiger partial charge in [-0.15, -0.1) is 0 Å². The highest BCUT2D eigenvalue weighted by molar-refractivity contribution is 5.70. The van der Waals surface area contributed by atoms with E-state index in [0.717, 1.165) is 16.7 Å². The van der Waals surface area contributed by atoms with Gasteiger partial charge in [0.1, 0.15) is 29.3 Å². The third-order valence-electron chi connectivity index (χ3n) is 7.88. The SMILES string of the molecule is COO[C@@H]1[C@@H](O)[C@@H](COC(c2ccccc2)(c2ccc(OC)cc2)c2ccc(OC)cc2)O[C@H]1n1cnc2c(=O)[nH]c(N)nc21. The first kappa shape index (κ1) is 30.2. The quantitative estimate of drug-likeness (QED) is 0.114. The number of H-pyrrole nitrogens is 1. The zero-order valence-corrected chi connectivity index (χ0v) is 24.8. The van der Waals surface area contributed by atoms with Crippen LogP contribution >= 0.6 is 0 Å². The monoisotopic (exact) mass is 615 g/mol. The van der Waals surface area contributed by atoms with Gasteiger partial charge in [-0.25, -0.2) is 14.8 Å². The van der Waals surface area contributed by atoms with Gasteiger partial charge in [0.2, 0.25) is 5.95 Å². The standard InChI is InChI=1S/C32H33N5O8/c1-40-22-13-9-20(10-14-22)32(19-7-5-4-6-8-19,21-11-15-23(41-2)16-12-21)43-17-24-26(38)27(45-42-3)30(44-24)37-18-34-25-28(37)35-31(33)36-29(25)39/h4-16,18,24,26-27,30,38H,17H2,1-3H3,(H3,33,35,36,39)/t24-,26+,27-,30-/m1/s1. The molecule has 4 atom stereocenters. The lowest BCUT2D eigenvalue weighted by molar-refractivity contribution is -0.327. The summed E-state index contributed by atoms with van der Waals surface area (Å²) in [5.41, 5.74) is 6.83. The molecule has 2 aromatic heterocycles. The van der Waals surface area contributed by atoms with Crippen molar-refractivity contribution in [1.82, 2.24) is 19.5 Å². The van der Waals surface area contributed by atoms with Gasteiger partial charge in [-0.2, -0.15) is 4.98 Å². The molecule has 6 rings (SSSR count). The van der Waals surface area contributed by atoms with E-state index in [9.17, 15) is 9.90 Å². The molecule has 45 heavy (non-hydrogen) atoms. The number of anilines is 1. The summed E-state index contributed by atoms with van der Waals surface area (Å²) in [4.78, 5) is 33.7. The number of benzene rings is 3. The third-order valence-corrected chi connectivity index (χ3v) is 7.88. The number of imidazole rings is 1. The third kappa shape index (κ3) is 5.52. The maximum atomic E-state index is 12.4. The second-order valence-corrected chi connectivity index (χ2v) is 10.4. The number of ether oxygens (including phenoxy) is 4. The molecule has 3 heterocycles. The number of rotatable bonds is 11. The van der Waals surface area contributed by atoms with E-state index in [1.165, 1.54) is 18.0 Å². The highest BCUT2D eigenvalue weighted by Crippen LogP contribution is 2.43. The molecule has 1 aliphatic rings. The van der Waals surface area contributed by atoms with Crippen LogP contribution in [-0.4, -0.2) is 70.9 Å². The highest BCUT2D eigenvalue weighted by Gasteiger charge is 2.49. The molecular formula is C32H33N5O8. The summed E-state index contributed by atoms with van der Waals surface area (Å²) in [6.45, 7) is -0.0863. The second kappa shape index (κ2) is 12.7. The Morgan fingerprint density at radius 2 is 1.53 bits per heavy atom. The number of nitrogens with one attached hydrogen (secondary N) is 1. The average Bonchev–Trinajstić information content (AvgIpc) is 3.63. The lowest BCUT2D eigenvalue weighted by Gasteiger charge is -2.37. The van der Waals surface area contributed by atoms with Crippen molar-refractivity contribution in [3.05, 3.63) is 112 Å². The fourth-order valence-electron chi connectivity index (χ4n) is 5.71. The van der Waals surface area contributed by atoms with Gasteiger partial charge in [-0.05, 0) is 41.0 Å². The molecule has 1 saturated heterocycles. The summed E-state index contributed by atoms with van der Waals surface area (Å²) in [6.07, 6.45) is -2.77. The minimum atomic E-state index is -1.22. The van der Waals surface area contributed by atoms with E-state index in [2.05, 4.69) is 15.0 Å². The summed E-state index contributed by atoms with van der Waals surface area (Å²) in [5, 5.41) is 11.5. The molecule has 0 spiro atoms. The van der Waals surface area contributed by atoms with Crippen molar-refractivity contribution >= 4 is 17.1 Å². The minimum absolute atomic E-state index is 0.0558. The normalized spacial score (nSPS) is 20.0. The van der Waals surface area contributed by atoms with Gasteiger partial charge in [0, 0.05) is 0 Å². The van der Waals surface area contributed by atoms with Crippen LogP contribution in [0, 0.1) is 0 Å². The van der Waals surface area contributed by atoms with E-state index in [-0.39, 0.29) is 23.7 Å². The van der Waals surface area contributed by atoms with E-state index in [4.69, 9.17) is 34.5 Å². The van der Waals surface area contributed by atoms with Crippen molar-refractivity contribution in [3.63, 3.8) is 0 Å². The molecule has 0 amide bonds. The number of nitrogens with two attached hydrogens (primary N) is 1. The topological polar surface area (TPSA) is 165 Å². The molecule has 234 valence electrons. The van der Waals surface area contributed by atoms with Gasteiger partial charge in [-0.1, -0.05) is 54.6 Å². The van der Waals surface area contributed by atoms with Crippen LogP contribution in [0.2, 0.25) is 0 Å². The lowest BCUT2D eigenvalue weighted by atomic mass is 9.80. The van der Waals surface area contributed by atoms with Crippen LogP contribution in [0.1, 0.15) is 22.9 Å². The summed E-state index contributed by atoms with van der Waals surface area (Å²) in [6, 6.07) is 25.0. The summed E-state index contributed by atoms with van der Waals surface area (Å²) in [5.74, 6) is 1.28. The van der Waals surface area contributed by atoms with Gasteiger partial charge in [0.15, 0.2) is 23.5 Å². The Balaban J connectivity index is 1.41. The lowest BCUT2D eigenvalue weighted by Crippen LogP contribution is -2.40. The number of fused-ring (bicyclic) bond motifs is 1. The van der Waals surface area contributed by atoms with Gasteiger partial charge < -0.3 is 29.8 Å². The fourth-order valence-corrected chi connectivity index (χ4v) is 5.71. The van der Waals surface area contributed by atoms with E-state index in [0.29, 0.717) is 11.5 Å². The molecular weight excluding hydrogens is 582 g/mol. The maximum Gasteiger partial charge on any atom is 0.280 e. The van der Waals surface area contributed by atoms with E-state index < -0.39 is 35.7 Å². The van der Waals surface area contributed by atoms with E-state index in [1.54, 1.807) is 14.2 Å². The Hall–Kier alpha value is -4.79. The molecule has 1 aliphatic heterocycles. The van der Waals surface area contributed by atoms with Crippen molar-refractivity contribution < 1.29 is 33.8 Å². The van der Waals surface area contributed by atoms with Crippen LogP contribution in [0.4, 0.5) is 5.95 Å². The number of nitrogens with zero attached hydrogens (tertiary/aromatic N) is 3. The van der Waals surface area contributed by atoms with Crippen molar-refractivity contribution in [2.45, 2.75) is 30.1 Å². The Morgan fingerprint density at radius 3 is 2.11 bits per heavy atom. The maximum absolute atomic E-state index is 12.4. The van der Waals surface area contributed by atoms with Crippen LogP contribution in [0.3, 0.4) is 0 Å². The van der Waals surface area contributed by atoms with Crippen LogP contribution in [0.5, 0.6) is 11.5 Å². The summed E-state index contributed by atoms with van der Waals surface area (Å²) < 4.78 is 25.6. The largest absolute Gasteiger partial charge is 0.497 e. The fraction of sp³-hybridized carbons (Fsp3) is 0.281. The average molecular weight is 616 g/mol. The van der Waals surface area contributed by atoms with Crippen LogP contribution in [-0.2, 0) is 24.8 Å². The number of hydrogen-bond donors (Lipinski definition) is 3. The minimum Gasteiger partial charge on any atom is -0.497 e. The van der Waals surface area contributed by atoms with Crippen molar-refractivity contribution in [3.8, 4) is 11.5 Å².